The minimum absolute atomic E-state index is 0.0287. The van der Waals surface area contributed by atoms with Crippen LogP contribution in [0.1, 0.15) is 73.7 Å². The van der Waals surface area contributed by atoms with E-state index in [1.165, 1.54) is 17.7 Å². The molecule has 5 nitrogen and oxygen atoms in total. The molecule has 1 saturated heterocycles. The topological polar surface area (TPSA) is 61.4 Å². The van der Waals surface area contributed by atoms with E-state index in [0.29, 0.717) is 17.9 Å². The fourth-order valence-electron chi connectivity index (χ4n) is 5.87. The third-order valence-electron chi connectivity index (χ3n) is 8.48. The van der Waals surface area contributed by atoms with E-state index >= 15 is 0 Å². The number of hydrogen-bond acceptors (Lipinski definition) is 3. The predicted molar refractivity (Wildman–Crippen MR) is 158 cm³/mol. The van der Waals surface area contributed by atoms with Gasteiger partial charge in [-0.2, -0.15) is 0 Å². The zero-order chi connectivity index (χ0) is 28.0. The summed E-state index contributed by atoms with van der Waals surface area (Å²) in [6, 6.07) is 23.9. The monoisotopic (exact) mass is 541 g/mol. The van der Waals surface area contributed by atoms with Crippen molar-refractivity contribution in [2.45, 2.75) is 69.4 Å². The first-order valence-electron chi connectivity index (χ1n) is 14.7. The van der Waals surface area contributed by atoms with Crippen molar-refractivity contribution in [3.63, 3.8) is 0 Å². The lowest BCUT2D eigenvalue weighted by Gasteiger charge is -2.31. The van der Waals surface area contributed by atoms with Crippen molar-refractivity contribution >= 4 is 11.8 Å². The zero-order valence-electron chi connectivity index (χ0n) is 23.4. The second-order valence-corrected chi connectivity index (χ2v) is 11.5. The minimum atomic E-state index is -0.525. The van der Waals surface area contributed by atoms with E-state index in [0.717, 1.165) is 69.3 Å². The van der Waals surface area contributed by atoms with Crippen molar-refractivity contribution in [3.05, 3.63) is 95.8 Å². The standard InChI is InChI=1S/C34H40FN3O2/c1-34(24-30(34)27-17-19-29(35)20-18-27)36-21-7-6-12-31(33(40)38-22-8-3-9-23-38)37-32(39)28-15-13-26(14-16-28)25-10-4-2-5-11-25/h2,4-5,10-11,13-20,30-31,36H,3,6-9,12,21-24H2,1H3,(H,37,39). The van der Waals surface area contributed by atoms with Crippen molar-refractivity contribution < 1.29 is 14.0 Å². The van der Waals surface area contributed by atoms with E-state index in [4.69, 9.17) is 0 Å². The van der Waals surface area contributed by atoms with Crippen LogP contribution in [0.4, 0.5) is 4.39 Å². The van der Waals surface area contributed by atoms with Gasteiger partial charge in [-0.05, 0) is 99.4 Å². The Morgan fingerprint density at radius 2 is 1.57 bits per heavy atom. The Kier molecular flexibility index (Phi) is 8.95. The molecule has 1 aliphatic carbocycles. The lowest BCUT2D eigenvalue weighted by molar-refractivity contribution is -0.134. The second kappa shape index (κ2) is 12.8. The summed E-state index contributed by atoms with van der Waals surface area (Å²) in [6.45, 7) is 4.59. The first-order valence-corrected chi connectivity index (χ1v) is 14.7. The Morgan fingerprint density at radius 3 is 2.27 bits per heavy atom. The van der Waals surface area contributed by atoms with Gasteiger partial charge in [-0.25, -0.2) is 4.39 Å². The number of benzene rings is 3. The van der Waals surface area contributed by atoms with Gasteiger partial charge in [0.25, 0.3) is 5.91 Å². The molecule has 40 heavy (non-hydrogen) atoms. The number of hydrogen-bond donors (Lipinski definition) is 2. The third-order valence-corrected chi connectivity index (χ3v) is 8.48. The summed E-state index contributed by atoms with van der Waals surface area (Å²) < 4.78 is 13.3. The van der Waals surface area contributed by atoms with E-state index in [9.17, 15) is 14.0 Å². The number of nitrogens with one attached hydrogen (secondary N) is 2. The lowest BCUT2D eigenvalue weighted by Crippen LogP contribution is -2.50. The average molecular weight is 542 g/mol. The van der Waals surface area contributed by atoms with Gasteiger partial charge in [0, 0.05) is 30.1 Å². The number of carbonyl (C=O) groups excluding carboxylic acids is 2. The molecule has 3 aromatic carbocycles. The number of amides is 2. The van der Waals surface area contributed by atoms with Gasteiger partial charge in [0.2, 0.25) is 5.91 Å². The summed E-state index contributed by atoms with van der Waals surface area (Å²) in [5.74, 6) is 0.0197. The summed E-state index contributed by atoms with van der Waals surface area (Å²) >= 11 is 0. The highest BCUT2D eigenvalue weighted by atomic mass is 19.1. The highest BCUT2D eigenvalue weighted by molar-refractivity contribution is 5.98. The van der Waals surface area contributed by atoms with Gasteiger partial charge in [0.05, 0.1) is 0 Å². The van der Waals surface area contributed by atoms with Gasteiger partial charge in [-0.15, -0.1) is 0 Å². The van der Waals surface area contributed by atoms with Gasteiger partial charge in [0.1, 0.15) is 11.9 Å². The van der Waals surface area contributed by atoms with Crippen molar-refractivity contribution in [1.29, 1.82) is 0 Å². The van der Waals surface area contributed by atoms with Gasteiger partial charge in [-0.3, -0.25) is 9.59 Å². The first-order chi connectivity index (χ1) is 19.4. The van der Waals surface area contributed by atoms with Crippen LogP contribution in [0.3, 0.4) is 0 Å². The van der Waals surface area contributed by atoms with Crippen LogP contribution in [-0.2, 0) is 4.79 Å². The molecule has 0 spiro atoms. The number of piperidine rings is 1. The maximum absolute atomic E-state index is 13.4. The van der Waals surface area contributed by atoms with Crippen molar-refractivity contribution in [2.75, 3.05) is 19.6 Å². The first kappa shape index (κ1) is 28.0. The van der Waals surface area contributed by atoms with E-state index in [2.05, 4.69) is 17.6 Å². The van der Waals surface area contributed by atoms with Crippen molar-refractivity contribution in [3.8, 4) is 11.1 Å². The molecule has 210 valence electrons. The van der Waals surface area contributed by atoms with Gasteiger partial charge < -0.3 is 15.5 Å². The van der Waals surface area contributed by atoms with Crippen LogP contribution in [-0.4, -0.2) is 47.9 Å². The molecule has 2 fully saturated rings. The van der Waals surface area contributed by atoms with E-state index < -0.39 is 6.04 Å². The Balaban J connectivity index is 1.15. The van der Waals surface area contributed by atoms with E-state index in [-0.39, 0.29) is 23.2 Å². The van der Waals surface area contributed by atoms with Gasteiger partial charge >= 0.3 is 0 Å². The average Bonchev–Trinajstić information content (AvgIpc) is 3.68. The molecular formula is C34H40FN3O2. The molecule has 0 aromatic heterocycles. The smallest absolute Gasteiger partial charge is 0.251 e. The minimum Gasteiger partial charge on any atom is -0.341 e. The van der Waals surface area contributed by atoms with Gasteiger partial charge in [0.15, 0.2) is 0 Å². The van der Waals surface area contributed by atoms with Crippen LogP contribution in [0.25, 0.3) is 11.1 Å². The fraction of sp³-hybridized carbons (Fsp3) is 0.412. The lowest BCUT2D eigenvalue weighted by atomic mass is 10.0. The summed E-state index contributed by atoms with van der Waals surface area (Å²) in [5.41, 5.74) is 3.91. The largest absolute Gasteiger partial charge is 0.341 e. The number of nitrogens with zero attached hydrogens (tertiary/aromatic N) is 1. The molecule has 1 aliphatic heterocycles. The molecule has 3 unspecified atom stereocenters. The van der Waals surface area contributed by atoms with Crippen LogP contribution < -0.4 is 10.6 Å². The van der Waals surface area contributed by atoms with Gasteiger partial charge in [-0.1, -0.05) is 54.6 Å². The summed E-state index contributed by atoms with van der Waals surface area (Å²) in [6.07, 6.45) is 6.59. The highest BCUT2D eigenvalue weighted by Gasteiger charge is 2.50. The van der Waals surface area contributed by atoms with E-state index in [1.54, 1.807) is 0 Å². The molecule has 2 aliphatic rings. The van der Waals surface area contributed by atoms with Crippen LogP contribution in [0.2, 0.25) is 0 Å². The van der Waals surface area contributed by atoms with Crippen molar-refractivity contribution in [2.24, 2.45) is 0 Å². The Hall–Kier alpha value is -3.51. The molecular weight excluding hydrogens is 501 g/mol. The quantitative estimate of drug-likeness (QED) is 0.280. The molecule has 2 amide bonds. The molecule has 2 N–H and O–H groups in total. The van der Waals surface area contributed by atoms with Crippen LogP contribution in [0.15, 0.2) is 78.9 Å². The van der Waals surface area contributed by atoms with Crippen LogP contribution in [0.5, 0.6) is 0 Å². The van der Waals surface area contributed by atoms with Crippen LogP contribution >= 0.6 is 0 Å². The molecule has 6 heteroatoms. The highest BCUT2D eigenvalue weighted by Crippen LogP contribution is 2.51. The number of rotatable bonds is 11. The molecule has 0 radical (unpaired) electrons. The van der Waals surface area contributed by atoms with E-state index in [1.807, 2.05) is 71.6 Å². The number of carbonyl (C=O) groups is 2. The summed E-state index contributed by atoms with van der Waals surface area (Å²) in [7, 11) is 0. The second-order valence-electron chi connectivity index (χ2n) is 11.5. The predicted octanol–water partition coefficient (Wildman–Crippen LogP) is 6.31. The molecule has 3 atom stereocenters. The Labute approximate surface area is 237 Å². The maximum atomic E-state index is 13.4. The Morgan fingerprint density at radius 1 is 0.900 bits per heavy atom. The molecule has 0 bridgehead atoms. The molecule has 1 saturated carbocycles. The number of halogens is 1. The maximum Gasteiger partial charge on any atom is 0.251 e. The number of unbranched alkanes of at least 4 members (excludes halogenated alkanes) is 1. The fourth-order valence-corrected chi connectivity index (χ4v) is 5.87. The van der Waals surface area contributed by atoms with Crippen LogP contribution in [0, 0.1) is 5.82 Å². The molecule has 5 rings (SSSR count). The normalized spacial score (nSPS) is 21.1. The SMILES string of the molecule is CC1(NCCCCC(NC(=O)c2ccc(-c3ccccc3)cc2)C(=O)N2CCCCC2)CC1c1ccc(F)cc1. The van der Waals surface area contributed by atoms with Crippen molar-refractivity contribution in [1.82, 2.24) is 15.5 Å². The summed E-state index contributed by atoms with van der Waals surface area (Å²) in [4.78, 5) is 28.5. The third kappa shape index (κ3) is 6.97. The summed E-state index contributed by atoms with van der Waals surface area (Å²) in [5, 5.41) is 6.73. The number of likely N-dealkylation sites (tertiary alicyclic amines) is 1. The molecule has 3 aromatic rings. The molecule has 1 heterocycles. The Bertz CT molecular complexity index is 1270. The zero-order valence-corrected chi connectivity index (χ0v) is 23.4.